The minimum atomic E-state index is -0.810. The molecule has 2 N–H and O–H groups in total. The van der Waals surface area contributed by atoms with Gasteiger partial charge in [-0.15, -0.1) is 0 Å². The van der Waals surface area contributed by atoms with E-state index in [0.29, 0.717) is 6.42 Å². The van der Waals surface area contributed by atoms with Crippen molar-refractivity contribution in [1.29, 1.82) is 0 Å². The van der Waals surface area contributed by atoms with E-state index in [4.69, 9.17) is 10.5 Å². The van der Waals surface area contributed by atoms with Gasteiger partial charge in [0.25, 0.3) is 5.56 Å². The molecular formula is C16H20N4O5. The molecule has 0 aliphatic carbocycles. The Kier molecular flexibility index (Phi) is 5.26. The van der Waals surface area contributed by atoms with Gasteiger partial charge in [-0.1, -0.05) is 6.92 Å². The molecule has 9 heteroatoms. The van der Waals surface area contributed by atoms with E-state index in [1.165, 1.54) is 7.05 Å². The predicted molar refractivity (Wildman–Crippen MR) is 90.7 cm³/mol. The van der Waals surface area contributed by atoms with E-state index in [2.05, 4.69) is 0 Å². The lowest BCUT2D eigenvalue weighted by molar-refractivity contribution is 0.0464. The molecule has 9 nitrogen and oxygen atoms in total. The Morgan fingerprint density at radius 2 is 1.92 bits per heavy atom. The fraction of sp³-hybridized carbons (Fsp3) is 0.375. The summed E-state index contributed by atoms with van der Waals surface area (Å²) in [4.78, 5) is 48.7. The van der Waals surface area contributed by atoms with Gasteiger partial charge >= 0.3 is 11.7 Å². The number of nitrogens with zero attached hydrogens (tertiary/aromatic N) is 3. The van der Waals surface area contributed by atoms with Crippen LogP contribution in [0.5, 0.6) is 0 Å². The summed E-state index contributed by atoms with van der Waals surface area (Å²) in [6.45, 7) is 1.45. The summed E-state index contributed by atoms with van der Waals surface area (Å²) >= 11 is 0. The van der Waals surface area contributed by atoms with Gasteiger partial charge in [-0.2, -0.15) is 0 Å². The van der Waals surface area contributed by atoms with Gasteiger partial charge in [0.1, 0.15) is 17.1 Å². The number of nitrogens with two attached hydrogens (primary N) is 1. The SMILES string of the molecule is CCCn1c(N)c(C(=O)COC(=O)c2cccn2C)c(=O)n(C)c1=O. The molecule has 0 saturated heterocycles. The van der Waals surface area contributed by atoms with Crippen LogP contribution in [0.4, 0.5) is 5.82 Å². The summed E-state index contributed by atoms with van der Waals surface area (Å²) in [7, 11) is 2.93. The van der Waals surface area contributed by atoms with Crippen LogP contribution in [0.15, 0.2) is 27.9 Å². The maximum absolute atomic E-state index is 12.4. The van der Waals surface area contributed by atoms with Gasteiger partial charge in [0.2, 0.25) is 5.78 Å². The van der Waals surface area contributed by atoms with E-state index >= 15 is 0 Å². The maximum atomic E-state index is 12.4. The number of hydrogen-bond acceptors (Lipinski definition) is 6. The van der Waals surface area contributed by atoms with Gasteiger partial charge in [0.15, 0.2) is 6.61 Å². The predicted octanol–water partition coefficient (Wildman–Crippen LogP) is -0.0826. The third-order valence-corrected chi connectivity index (χ3v) is 3.80. The third kappa shape index (κ3) is 3.39. The quantitative estimate of drug-likeness (QED) is 0.576. The molecule has 2 rings (SSSR count). The standard InChI is InChI=1S/C16H20N4O5/c1-4-7-20-13(17)12(14(22)19(3)16(20)24)11(21)9-25-15(23)10-6-5-8-18(10)2/h5-6,8H,4,7,9,17H2,1-3H3. The highest BCUT2D eigenvalue weighted by atomic mass is 16.5. The molecular weight excluding hydrogens is 328 g/mol. The Bertz CT molecular complexity index is 935. The molecule has 25 heavy (non-hydrogen) atoms. The van der Waals surface area contributed by atoms with Crippen molar-refractivity contribution in [2.45, 2.75) is 19.9 Å². The van der Waals surface area contributed by atoms with Crippen LogP contribution in [0.2, 0.25) is 0 Å². The second-order valence-electron chi connectivity index (χ2n) is 5.56. The lowest BCUT2D eigenvalue weighted by Crippen LogP contribution is -2.43. The van der Waals surface area contributed by atoms with Crippen LogP contribution in [0, 0.1) is 0 Å². The van der Waals surface area contributed by atoms with Crippen molar-refractivity contribution in [3.8, 4) is 0 Å². The zero-order chi connectivity index (χ0) is 18.7. The van der Waals surface area contributed by atoms with Crippen molar-refractivity contribution in [3.05, 3.63) is 50.4 Å². The van der Waals surface area contributed by atoms with E-state index in [1.54, 1.807) is 29.9 Å². The molecule has 0 aromatic carbocycles. The highest BCUT2D eigenvalue weighted by Gasteiger charge is 2.23. The zero-order valence-corrected chi connectivity index (χ0v) is 14.3. The summed E-state index contributed by atoms with van der Waals surface area (Å²) in [5.74, 6) is -1.67. The molecule has 2 heterocycles. The Morgan fingerprint density at radius 1 is 1.24 bits per heavy atom. The minimum Gasteiger partial charge on any atom is -0.453 e. The van der Waals surface area contributed by atoms with Gasteiger partial charge in [-0.05, 0) is 18.6 Å². The Labute approximate surface area is 143 Å². The number of carbonyl (C=O) groups is 2. The molecule has 2 aromatic heterocycles. The molecule has 0 aliphatic rings. The first-order valence-corrected chi connectivity index (χ1v) is 7.70. The highest BCUT2D eigenvalue weighted by Crippen LogP contribution is 2.08. The summed E-state index contributed by atoms with van der Waals surface area (Å²) in [5.41, 5.74) is 4.36. The van der Waals surface area contributed by atoms with Gasteiger partial charge in [0.05, 0.1) is 0 Å². The number of ketones is 1. The number of aromatic nitrogens is 3. The summed E-state index contributed by atoms with van der Waals surface area (Å²) in [6, 6.07) is 3.20. The number of rotatable bonds is 6. The fourth-order valence-corrected chi connectivity index (χ4v) is 2.44. The van der Waals surface area contributed by atoms with Crippen molar-refractivity contribution in [1.82, 2.24) is 13.7 Å². The zero-order valence-electron chi connectivity index (χ0n) is 14.3. The smallest absolute Gasteiger partial charge is 0.355 e. The fourth-order valence-electron chi connectivity index (χ4n) is 2.44. The first-order valence-electron chi connectivity index (χ1n) is 7.70. The topological polar surface area (TPSA) is 118 Å². The number of nitrogen functional groups attached to an aromatic ring is 1. The van der Waals surface area contributed by atoms with Crippen LogP contribution in [-0.2, 0) is 25.4 Å². The van der Waals surface area contributed by atoms with Crippen LogP contribution in [0.25, 0.3) is 0 Å². The molecule has 0 spiro atoms. The summed E-state index contributed by atoms with van der Waals surface area (Å²) in [5, 5.41) is 0. The second-order valence-corrected chi connectivity index (χ2v) is 5.56. The monoisotopic (exact) mass is 348 g/mol. The Balaban J connectivity index is 2.30. The molecule has 0 fully saturated rings. The van der Waals surface area contributed by atoms with Gasteiger partial charge in [-0.25, -0.2) is 9.59 Å². The van der Waals surface area contributed by atoms with E-state index in [9.17, 15) is 19.2 Å². The normalized spacial score (nSPS) is 10.7. The van der Waals surface area contributed by atoms with E-state index in [0.717, 1.165) is 9.13 Å². The second kappa shape index (κ2) is 7.20. The number of ether oxygens (including phenoxy) is 1. The number of Topliss-reactive ketones (excluding diaryl/α,β-unsaturated/α-hetero) is 1. The van der Waals surface area contributed by atoms with E-state index in [-0.39, 0.29) is 23.6 Å². The van der Waals surface area contributed by atoms with E-state index in [1.807, 2.05) is 6.92 Å². The largest absolute Gasteiger partial charge is 0.453 e. The van der Waals surface area contributed by atoms with Crippen molar-refractivity contribution >= 4 is 17.6 Å². The molecule has 0 bridgehead atoms. The lowest BCUT2D eigenvalue weighted by atomic mass is 10.2. The molecule has 2 aromatic rings. The van der Waals surface area contributed by atoms with Crippen molar-refractivity contribution < 1.29 is 14.3 Å². The lowest BCUT2D eigenvalue weighted by Gasteiger charge is -2.13. The minimum absolute atomic E-state index is 0.213. The van der Waals surface area contributed by atoms with Crippen LogP contribution in [0.1, 0.15) is 34.2 Å². The average Bonchev–Trinajstić information content (AvgIpc) is 3.01. The van der Waals surface area contributed by atoms with Crippen LogP contribution in [0.3, 0.4) is 0 Å². The number of hydrogen-bond donors (Lipinski definition) is 1. The van der Waals surface area contributed by atoms with Gasteiger partial charge < -0.3 is 15.0 Å². The van der Waals surface area contributed by atoms with E-state index < -0.39 is 29.6 Å². The molecule has 0 aliphatic heterocycles. The molecule has 0 amide bonds. The van der Waals surface area contributed by atoms with Crippen LogP contribution < -0.4 is 17.0 Å². The number of esters is 1. The number of carbonyl (C=O) groups excluding carboxylic acids is 2. The first kappa shape index (κ1) is 18.2. The van der Waals surface area contributed by atoms with Gasteiger partial charge in [0, 0.05) is 26.8 Å². The molecule has 0 saturated carbocycles. The van der Waals surface area contributed by atoms with Crippen molar-refractivity contribution in [2.24, 2.45) is 14.1 Å². The summed E-state index contributed by atoms with van der Waals surface area (Å²) in [6.07, 6.45) is 2.26. The number of anilines is 1. The van der Waals surface area contributed by atoms with Gasteiger partial charge in [-0.3, -0.25) is 18.7 Å². The summed E-state index contributed by atoms with van der Waals surface area (Å²) < 4.78 is 8.48. The van der Waals surface area contributed by atoms with Crippen molar-refractivity contribution in [2.75, 3.05) is 12.3 Å². The Morgan fingerprint density at radius 3 is 2.48 bits per heavy atom. The van der Waals surface area contributed by atoms with Crippen LogP contribution >= 0.6 is 0 Å². The Hall–Kier alpha value is -3.10. The molecule has 0 atom stereocenters. The molecule has 134 valence electrons. The average molecular weight is 348 g/mol. The molecule has 0 unspecified atom stereocenters. The van der Waals surface area contributed by atoms with Crippen LogP contribution in [-0.4, -0.2) is 32.1 Å². The third-order valence-electron chi connectivity index (χ3n) is 3.80. The molecule has 0 radical (unpaired) electrons. The first-order chi connectivity index (χ1) is 11.8. The van der Waals surface area contributed by atoms with Crippen molar-refractivity contribution in [3.63, 3.8) is 0 Å². The maximum Gasteiger partial charge on any atom is 0.355 e. The highest BCUT2D eigenvalue weighted by molar-refractivity contribution is 6.02. The number of aryl methyl sites for hydroxylation is 1.